The lowest BCUT2D eigenvalue weighted by Crippen LogP contribution is -2.25. The Hall–Kier alpha value is -2.26. The molecule has 1 heterocycles. The summed E-state index contributed by atoms with van der Waals surface area (Å²) in [5.74, 6) is -3.06. The Kier molecular flexibility index (Phi) is 7.05. The molecule has 10 heteroatoms. The molecule has 0 spiro atoms. The van der Waals surface area contributed by atoms with Crippen LogP contribution in [0.5, 0.6) is 0 Å². The minimum absolute atomic E-state index is 0.197. The third kappa shape index (κ3) is 4.67. The third-order valence-electron chi connectivity index (χ3n) is 3.29. The molecule has 0 saturated heterocycles. The summed E-state index contributed by atoms with van der Waals surface area (Å²) in [6.07, 6.45) is -8.94. The van der Waals surface area contributed by atoms with Gasteiger partial charge in [-0.25, -0.2) is 23.4 Å². The zero-order valence-corrected chi connectivity index (χ0v) is 14.5. The van der Waals surface area contributed by atoms with Crippen LogP contribution >= 0.6 is 0 Å². The zero-order valence-electron chi connectivity index (χ0n) is 14.5. The number of ether oxygens (including phenoxy) is 2. The number of hydrogen-bond acceptors (Lipinski definition) is 5. The van der Waals surface area contributed by atoms with Crippen LogP contribution in [-0.4, -0.2) is 30.6 Å². The van der Waals surface area contributed by atoms with Crippen molar-refractivity contribution in [2.75, 3.05) is 13.7 Å². The largest absolute Gasteiger partial charge is 0.465 e. The number of aromatic nitrogens is 1. The molecule has 0 aliphatic rings. The molecule has 0 N–H and O–H groups in total. The first kappa shape index (κ1) is 21.8. The average molecular weight is 383 g/mol. The van der Waals surface area contributed by atoms with Crippen LogP contribution in [0.25, 0.3) is 0 Å². The third-order valence-corrected chi connectivity index (χ3v) is 3.29. The fourth-order valence-electron chi connectivity index (χ4n) is 2.38. The lowest BCUT2D eigenvalue weighted by atomic mass is 9.91. The van der Waals surface area contributed by atoms with E-state index in [1.165, 1.54) is 6.92 Å². The predicted octanol–water partition coefficient (Wildman–Crippen LogP) is 4.20. The van der Waals surface area contributed by atoms with Gasteiger partial charge in [0.15, 0.2) is 5.69 Å². The SMILES string of the molecule is CCOC(=O)c1c(C(F)F)nc(C(F)(F)F)c(C(=O)OC)c1CC(C)C. The zero-order chi connectivity index (χ0) is 20.2. The van der Waals surface area contributed by atoms with Gasteiger partial charge < -0.3 is 9.47 Å². The van der Waals surface area contributed by atoms with Crippen LogP contribution in [0.15, 0.2) is 0 Å². The molecule has 0 amide bonds. The van der Waals surface area contributed by atoms with Crippen LogP contribution in [0.3, 0.4) is 0 Å². The first-order chi connectivity index (χ1) is 11.9. The summed E-state index contributed by atoms with van der Waals surface area (Å²) in [6, 6.07) is 0. The van der Waals surface area contributed by atoms with Gasteiger partial charge in [0.25, 0.3) is 6.43 Å². The van der Waals surface area contributed by atoms with Crippen LogP contribution in [0, 0.1) is 5.92 Å². The van der Waals surface area contributed by atoms with Crippen LogP contribution in [-0.2, 0) is 22.1 Å². The van der Waals surface area contributed by atoms with Gasteiger partial charge >= 0.3 is 18.1 Å². The van der Waals surface area contributed by atoms with Crippen molar-refractivity contribution in [1.29, 1.82) is 0 Å². The fraction of sp³-hybridized carbons (Fsp3) is 0.562. The van der Waals surface area contributed by atoms with Gasteiger partial charge in [-0.2, -0.15) is 13.2 Å². The summed E-state index contributed by atoms with van der Waals surface area (Å²) < 4.78 is 75.9. The van der Waals surface area contributed by atoms with Gasteiger partial charge in [-0.3, -0.25) is 0 Å². The van der Waals surface area contributed by atoms with Crippen molar-refractivity contribution < 1.29 is 41.0 Å². The molecule has 26 heavy (non-hydrogen) atoms. The number of nitrogens with zero attached hydrogens (tertiary/aromatic N) is 1. The minimum atomic E-state index is -5.20. The first-order valence-corrected chi connectivity index (χ1v) is 7.63. The van der Waals surface area contributed by atoms with Crippen molar-refractivity contribution in [1.82, 2.24) is 4.98 Å². The quantitative estimate of drug-likeness (QED) is 0.544. The highest BCUT2D eigenvalue weighted by Crippen LogP contribution is 2.38. The number of hydrogen-bond donors (Lipinski definition) is 0. The van der Waals surface area contributed by atoms with Crippen molar-refractivity contribution in [3.8, 4) is 0 Å². The summed E-state index contributed by atoms with van der Waals surface area (Å²) >= 11 is 0. The number of alkyl halides is 5. The summed E-state index contributed by atoms with van der Waals surface area (Å²) in [7, 11) is 0.840. The molecule has 0 bridgehead atoms. The standard InChI is InChI=1S/C16H18F5NO4/c1-5-26-15(24)9-8(6-7(2)3)10(14(23)25-4)12(16(19,20)21)22-11(9)13(17)18/h7,13H,5-6H2,1-4H3. The highest BCUT2D eigenvalue weighted by molar-refractivity contribution is 5.99. The van der Waals surface area contributed by atoms with Gasteiger partial charge in [0.1, 0.15) is 5.69 Å². The molecule has 0 aromatic carbocycles. The number of methoxy groups -OCH3 is 1. The van der Waals surface area contributed by atoms with Crippen molar-refractivity contribution in [3.05, 3.63) is 28.1 Å². The molecule has 1 rings (SSSR count). The Bertz CT molecular complexity index is 686. The van der Waals surface area contributed by atoms with Crippen molar-refractivity contribution in [2.45, 2.75) is 39.8 Å². The molecule has 0 saturated carbocycles. The Balaban J connectivity index is 4.03. The number of halogens is 5. The van der Waals surface area contributed by atoms with E-state index < -0.39 is 52.6 Å². The Morgan fingerprint density at radius 2 is 1.69 bits per heavy atom. The van der Waals surface area contributed by atoms with Crippen molar-refractivity contribution in [3.63, 3.8) is 0 Å². The van der Waals surface area contributed by atoms with Crippen LogP contribution in [0.4, 0.5) is 22.0 Å². The number of esters is 2. The molecule has 0 fully saturated rings. The number of carbonyl (C=O) groups excluding carboxylic acids is 2. The summed E-state index contributed by atoms with van der Waals surface area (Å²) in [5, 5.41) is 0. The second-order valence-corrected chi connectivity index (χ2v) is 5.68. The van der Waals surface area contributed by atoms with Gasteiger partial charge in [-0.15, -0.1) is 0 Å². The number of rotatable bonds is 6. The van der Waals surface area contributed by atoms with E-state index in [0.717, 1.165) is 7.11 Å². The maximum Gasteiger partial charge on any atom is 0.434 e. The number of carbonyl (C=O) groups is 2. The van der Waals surface area contributed by atoms with Gasteiger partial charge in [-0.05, 0) is 24.8 Å². The van der Waals surface area contributed by atoms with E-state index in [2.05, 4.69) is 14.5 Å². The van der Waals surface area contributed by atoms with E-state index in [1.54, 1.807) is 13.8 Å². The lowest BCUT2D eigenvalue weighted by Gasteiger charge is -2.21. The predicted molar refractivity (Wildman–Crippen MR) is 80.0 cm³/mol. The molecule has 5 nitrogen and oxygen atoms in total. The maximum absolute atomic E-state index is 13.4. The topological polar surface area (TPSA) is 65.5 Å². The molecular weight excluding hydrogens is 365 g/mol. The molecule has 0 radical (unpaired) electrons. The molecular formula is C16H18F5NO4. The Labute approximate surface area is 146 Å². The molecule has 0 atom stereocenters. The smallest absolute Gasteiger partial charge is 0.434 e. The lowest BCUT2D eigenvalue weighted by molar-refractivity contribution is -0.142. The van der Waals surface area contributed by atoms with Crippen LogP contribution in [0.2, 0.25) is 0 Å². The molecule has 146 valence electrons. The van der Waals surface area contributed by atoms with E-state index in [4.69, 9.17) is 0 Å². The molecule has 1 aromatic heterocycles. The van der Waals surface area contributed by atoms with E-state index in [0.29, 0.717) is 0 Å². The molecule has 0 aliphatic heterocycles. The van der Waals surface area contributed by atoms with E-state index in [1.807, 2.05) is 0 Å². The van der Waals surface area contributed by atoms with Crippen molar-refractivity contribution in [2.24, 2.45) is 5.92 Å². The highest BCUT2D eigenvalue weighted by Gasteiger charge is 2.43. The average Bonchev–Trinajstić information content (AvgIpc) is 2.51. The summed E-state index contributed by atoms with van der Waals surface area (Å²) in [6.45, 7) is 4.38. The Morgan fingerprint density at radius 3 is 2.08 bits per heavy atom. The Morgan fingerprint density at radius 1 is 1.12 bits per heavy atom. The molecule has 0 unspecified atom stereocenters. The van der Waals surface area contributed by atoms with Gasteiger partial charge in [0, 0.05) is 0 Å². The second-order valence-electron chi connectivity index (χ2n) is 5.68. The summed E-state index contributed by atoms with van der Waals surface area (Å²) in [5.41, 5.74) is -5.59. The van der Waals surface area contributed by atoms with E-state index >= 15 is 0 Å². The monoisotopic (exact) mass is 383 g/mol. The molecule has 1 aromatic rings. The fourth-order valence-corrected chi connectivity index (χ4v) is 2.38. The van der Waals surface area contributed by atoms with Crippen LogP contribution < -0.4 is 0 Å². The van der Waals surface area contributed by atoms with Crippen LogP contribution in [0.1, 0.15) is 64.9 Å². The van der Waals surface area contributed by atoms with E-state index in [9.17, 15) is 31.5 Å². The van der Waals surface area contributed by atoms with Gasteiger partial charge in [-0.1, -0.05) is 13.8 Å². The number of pyridine rings is 1. The normalized spacial score (nSPS) is 11.8. The maximum atomic E-state index is 13.4. The highest BCUT2D eigenvalue weighted by atomic mass is 19.4. The summed E-state index contributed by atoms with van der Waals surface area (Å²) in [4.78, 5) is 27.1. The minimum Gasteiger partial charge on any atom is -0.465 e. The van der Waals surface area contributed by atoms with Crippen molar-refractivity contribution >= 4 is 11.9 Å². The molecule has 0 aliphatic carbocycles. The van der Waals surface area contributed by atoms with E-state index in [-0.39, 0.29) is 18.9 Å². The second kappa shape index (κ2) is 8.41. The van der Waals surface area contributed by atoms with Gasteiger partial charge in [0.2, 0.25) is 0 Å². The first-order valence-electron chi connectivity index (χ1n) is 7.63. The van der Waals surface area contributed by atoms with Gasteiger partial charge in [0.05, 0.1) is 24.8 Å².